The second-order valence-corrected chi connectivity index (χ2v) is 8.16. The maximum absolute atomic E-state index is 12.6. The van der Waals surface area contributed by atoms with Crippen LogP contribution in [-0.4, -0.2) is 5.78 Å². The summed E-state index contributed by atoms with van der Waals surface area (Å²) < 4.78 is 0. The highest BCUT2D eigenvalue weighted by Crippen LogP contribution is 2.23. The number of carbonyl (C=O) groups excluding carboxylic acids is 1. The minimum absolute atomic E-state index is 0.231. The van der Waals surface area contributed by atoms with E-state index >= 15 is 0 Å². The summed E-state index contributed by atoms with van der Waals surface area (Å²) in [5.41, 5.74) is 4.76. The zero-order valence-corrected chi connectivity index (χ0v) is 16.4. The van der Waals surface area contributed by atoms with E-state index in [0.29, 0.717) is 18.3 Å². The Morgan fingerprint density at radius 2 is 1.16 bits per heavy atom. The fourth-order valence-electron chi connectivity index (χ4n) is 3.27. The first-order chi connectivity index (χ1) is 11.8. The fourth-order valence-corrected chi connectivity index (χ4v) is 3.27. The van der Waals surface area contributed by atoms with Gasteiger partial charge in [0.2, 0.25) is 0 Å². The third kappa shape index (κ3) is 6.16. The molecule has 0 N–H and O–H groups in total. The zero-order chi connectivity index (χ0) is 18.4. The largest absolute Gasteiger partial charge is 0.294 e. The van der Waals surface area contributed by atoms with Gasteiger partial charge in [-0.25, -0.2) is 0 Å². The maximum atomic E-state index is 12.6. The van der Waals surface area contributed by atoms with Crippen molar-refractivity contribution in [2.75, 3.05) is 0 Å². The Morgan fingerprint density at radius 3 is 1.60 bits per heavy atom. The van der Waals surface area contributed by atoms with Crippen molar-refractivity contribution in [3.8, 4) is 0 Å². The highest BCUT2D eigenvalue weighted by Gasteiger charge is 2.13. The van der Waals surface area contributed by atoms with Crippen LogP contribution in [-0.2, 0) is 12.8 Å². The molecule has 1 atom stereocenters. The maximum Gasteiger partial charge on any atom is 0.163 e. The lowest BCUT2D eigenvalue weighted by Gasteiger charge is -2.13. The van der Waals surface area contributed by atoms with Crippen LogP contribution in [0, 0.1) is 11.8 Å². The fraction of sp³-hybridized carbons (Fsp3) is 0.458. The SMILES string of the molecule is CC(C)Cc1ccc(C(=O)CC(C)c2ccc(CC(C)C)cc2)cc1. The lowest BCUT2D eigenvalue weighted by Crippen LogP contribution is -2.06. The number of rotatable bonds is 8. The molecule has 2 aromatic rings. The molecule has 1 unspecified atom stereocenters. The standard InChI is InChI=1S/C24H32O/c1-17(2)14-20-6-10-22(11-7-20)19(5)16-24(25)23-12-8-21(9-13-23)15-18(3)4/h6-13,17-19H,14-16H2,1-5H3. The molecule has 0 heterocycles. The van der Waals surface area contributed by atoms with E-state index in [1.54, 1.807) is 0 Å². The summed E-state index contributed by atoms with van der Waals surface area (Å²) in [4.78, 5) is 12.6. The number of benzene rings is 2. The first kappa shape index (κ1) is 19.4. The van der Waals surface area contributed by atoms with E-state index < -0.39 is 0 Å². The van der Waals surface area contributed by atoms with Crippen LogP contribution in [0.15, 0.2) is 48.5 Å². The second kappa shape index (κ2) is 8.99. The molecule has 0 aromatic heterocycles. The number of hydrogen-bond donors (Lipinski definition) is 0. The number of carbonyl (C=O) groups is 1. The topological polar surface area (TPSA) is 17.1 Å². The predicted octanol–water partition coefficient (Wildman–Crippen LogP) is 6.46. The molecule has 0 aliphatic heterocycles. The molecule has 0 radical (unpaired) electrons. The van der Waals surface area contributed by atoms with E-state index in [9.17, 15) is 4.79 Å². The molecule has 2 aromatic carbocycles. The molecule has 1 heteroatoms. The third-order valence-electron chi connectivity index (χ3n) is 4.60. The summed E-state index contributed by atoms with van der Waals surface area (Å²) in [6.45, 7) is 11.0. The normalized spacial score (nSPS) is 12.6. The zero-order valence-electron chi connectivity index (χ0n) is 16.4. The first-order valence-corrected chi connectivity index (χ1v) is 9.56. The van der Waals surface area contributed by atoms with Gasteiger partial charge in [0.15, 0.2) is 5.78 Å². The van der Waals surface area contributed by atoms with Gasteiger partial charge in [0.25, 0.3) is 0 Å². The molecule has 25 heavy (non-hydrogen) atoms. The van der Waals surface area contributed by atoms with Crippen LogP contribution in [0.4, 0.5) is 0 Å². The Morgan fingerprint density at radius 1 is 0.720 bits per heavy atom. The van der Waals surface area contributed by atoms with Crippen molar-refractivity contribution in [3.63, 3.8) is 0 Å². The van der Waals surface area contributed by atoms with Gasteiger partial charge in [-0.15, -0.1) is 0 Å². The summed E-state index contributed by atoms with van der Waals surface area (Å²) >= 11 is 0. The van der Waals surface area contributed by atoms with Crippen molar-refractivity contribution in [1.82, 2.24) is 0 Å². The highest BCUT2D eigenvalue weighted by molar-refractivity contribution is 5.96. The van der Waals surface area contributed by atoms with Gasteiger partial charge in [-0.05, 0) is 47.3 Å². The van der Waals surface area contributed by atoms with Crippen LogP contribution in [0.25, 0.3) is 0 Å². The molecule has 0 bridgehead atoms. The molecule has 0 spiro atoms. The van der Waals surface area contributed by atoms with Crippen LogP contribution in [0.5, 0.6) is 0 Å². The Labute approximate surface area is 153 Å². The van der Waals surface area contributed by atoms with E-state index in [1.807, 2.05) is 12.1 Å². The Bertz CT molecular complexity index is 662. The van der Waals surface area contributed by atoms with Gasteiger partial charge in [0.05, 0.1) is 0 Å². The van der Waals surface area contributed by atoms with Crippen LogP contribution in [0.2, 0.25) is 0 Å². The van der Waals surface area contributed by atoms with Gasteiger partial charge < -0.3 is 0 Å². The first-order valence-electron chi connectivity index (χ1n) is 9.56. The third-order valence-corrected chi connectivity index (χ3v) is 4.60. The second-order valence-electron chi connectivity index (χ2n) is 8.16. The molecular formula is C24H32O. The van der Waals surface area contributed by atoms with E-state index in [4.69, 9.17) is 0 Å². The summed E-state index contributed by atoms with van der Waals surface area (Å²) in [6.07, 6.45) is 2.73. The number of hydrogen-bond acceptors (Lipinski definition) is 1. The van der Waals surface area contributed by atoms with Crippen LogP contribution < -0.4 is 0 Å². The van der Waals surface area contributed by atoms with E-state index in [1.165, 1.54) is 16.7 Å². The summed E-state index contributed by atoms with van der Waals surface area (Å²) in [5.74, 6) is 1.79. The highest BCUT2D eigenvalue weighted by atomic mass is 16.1. The molecule has 0 saturated carbocycles. The van der Waals surface area contributed by atoms with Crippen molar-refractivity contribution in [2.45, 2.75) is 59.8 Å². The Kier molecular flexibility index (Phi) is 6.99. The van der Waals surface area contributed by atoms with Gasteiger partial charge in [-0.3, -0.25) is 4.79 Å². The smallest absolute Gasteiger partial charge is 0.163 e. The molecule has 0 fully saturated rings. The molecular weight excluding hydrogens is 304 g/mol. The van der Waals surface area contributed by atoms with Crippen molar-refractivity contribution < 1.29 is 4.79 Å². The van der Waals surface area contributed by atoms with Gasteiger partial charge in [0.1, 0.15) is 0 Å². The van der Waals surface area contributed by atoms with Crippen LogP contribution >= 0.6 is 0 Å². The number of ketones is 1. The molecule has 2 rings (SSSR count). The van der Waals surface area contributed by atoms with Gasteiger partial charge in [0, 0.05) is 12.0 Å². The van der Waals surface area contributed by atoms with Crippen molar-refractivity contribution >= 4 is 5.78 Å². The van der Waals surface area contributed by atoms with Crippen molar-refractivity contribution in [1.29, 1.82) is 0 Å². The van der Waals surface area contributed by atoms with E-state index in [0.717, 1.165) is 18.4 Å². The monoisotopic (exact) mass is 336 g/mol. The molecule has 0 aliphatic rings. The molecule has 0 saturated heterocycles. The van der Waals surface area contributed by atoms with Crippen molar-refractivity contribution in [2.24, 2.45) is 11.8 Å². The van der Waals surface area contributed by atoms with E-state index in [2.05, 4.69) is 71.0 Å². The van der Waals surface area contributed by atoms with Crippen LogP contribution in [0.3, 0.4) is 0 Å². The minimum atomic E-state index is 0.231. The molecule has 134 valence electrons. The summed E-state index contributed by atoms with van der Waals surface area (Å²) in [6, 6.07) is 16.9. The van der Waals surface area contributed by atoms with Gasteiger partial charge in [-0.2, -0.15) is 0 Å². The quantitative estimate of drug-likeness (QED) is 0.506. The lowest BCUT2D eigenvalue weighted by molar-refractivity contribution is 0.0975. The molecule has 0 amide bonds. The summed E-state index contributed by atoms with van der Waals surface area (Å²) in [7, 11) is 0. The number of Topliss-reactive ketones (excluding diaryl/α,β-unsaturated/α-hetero) is 1. The average molecular weight is 337 g/mol. The minimum Gasteiger partial charge on any atom is -0.294 e. The Hall–Kier alpha value is -1.89. The average Bonchev–Trinajstić information content (AvgIpc) is 2.55. The van der Waals surface area contributed by atoms with Gasteiger partial charge in [-0.1, -0.05) is 83.1 Å². The van der Waals surface area contributed by atoms with Crippen molar-refractivity contribution in [3.05, 3.63) is 70.8 Å². The molecule has 0 aliphatic carbocycles. The summed E-state index contributed by atoms with van der Waals surface area (Å²) in [5, 5.41) is 0. The lowest BCUT2D eigenvalue weighted by atomic mass is 9.91. The molecule has 1 nitrogen and oxygen atoms in total. The Balaban J connectivity index is 1.97. The van der Waals surface area contributed by atoms with Crippen LogP contribution in [0.1, 0.15) is 74.0 Å². The van der Waals surface area contributed by atoms with Gasteiger partial charge >= 0.3 is 0 Å². The predicted molar refractivity (Wildman–Crippen MR) is 107 cm³/mol. The van der Waals surface area contributed by atoms with E-state index in [-0.39, 0.29) is 11.7 Å².